The normalized spacial score (nSPS) is 11.3. The van der Waals surface area contributed by atoms with E-state index >= 15 is 0 Å². The van der Waals surface area contributed by atoms with Gasteiger partial charge in [0, 0.05) is 17.2 Å². The summed E-state index contributed by atoms with van der Waals surface area (Å²) >= 11 is 3.82. The van der Waals surface area contributed by atoms with Crippen molar-refractivity contribution in [3.63, 3.8) is 0 Å². The molecule has 0 amide bonds. The summed E-state index contributed by atoms with van der Waals surface area (Å²) in [6, 6.07) is 0. The standard InChI is InChI=1S/C12H22N2S2/c1-5-6-13-7-11-10(4)14-12(16-11)8-15-9(2)3/h9,13H,5-8H2,1-4H3. The molecule has 0 saturated carbocycles. The van der Waals surface area contributed by atoms with Gasteiger partial charge in [-0.3, -0.25) is 0 Å². The molecule has 0 unspecified atom stereocenters. The van der Waals surface area contributed by atoms with Crippen molar-refractivity contribution in [3.8, 4) is 0 Å². The molecule has 0 aromatic carbocycles. The van der Waals surface area contributed by atoms with Crippen LogP contribution in [0.5, 0.6) is 0 Å². The fraction of sp³-hybridized carbons (Fsp3) is 0.750. The summed E-state index contributed by atoms with van der Waals surface area (Å²) in [5, 5.41) is 5.39. The maximum absolute atomic E-state index is 4.62. The molecule has 0 bridgehead atoms. The lowest BCUT2D eigenvalue weighted by atomic mass is 10.4. The third kappa shape index (κ3) is 4.85. The Morgan fingerprint density at radius 1 is 1.44 bits per heavy atom. The first kappa shape index (κ1) is 14.0. The second kappa shape index (κ2) is 7.30. The highest BCUT2D eigenvalue weighted by Gasteiger charge is 2.07. The number of thiazole rings is 1. The lowest BCUT2D eigenvalue weighted by molar-refractivity contribution is 0.678. The molecule has 0 aliphatic rings. The van der Waals surface area contributed by atoms with Crippen LogP contribution in [0, 0.1) is 6.92 Å². The van der Waals surface area contributed by atoms with Crippen LogP contribution in [0.25, 0.3) is 0 Å². The summed E-state index contributed by atoms with van der Waals surface area (Å²) in [6.07, 6.45) is 1.19. The van der Waals surface area contributed by atoms with Crippen molar-refractivity contribution in [1.82, 2.24) is 10.3 Å². The highest BCUT2D eigenvalue weighted by molar-refractivity contribution is 7.99. The fourth-order valence-electron chi connectivity index (χ4n) is 1.33. The van der Waals surface area contributed by atoms with Crippen molar-refractivity contribution in [2.75, 3.05) is 6.54 Å². The molecule has 0 radical (unpaired) electrons. The minimum Gasteiger partial charge on any atom is -0.312 e. The Bertz CT molecular complexity index is 308. The van der Waals surface area contributed by atoms with E-state index in [1.807, 2.05) is 23.1 Å². The van der Waals surface area contributed by atoms with Crippen molar-refractivity contribution >= 4 is 23.1 Å². The van der Waals surface area contributed by atoms with Gasteiger partial charge in [0.25, 0.3) is 0 Å². The Morgan fingerprint density at radius 2 is 2.19 bits per heavy atom. The monoisotopic (exact) mass is 258 g/mol. The minimum absolute atomic E-state index is 0.686. The van der Waals surface area contributed by atoms with Crippen LogP contribution in [-0.2, 0) is 12.3 Å². The van der Waals surface area contributed by atoms with Gasteiger partial charge < -0.3 is 5.32 Å². The zero-order valence-electron chi connectivity index (χ0n) is 10.7. The fourth-order valence-corrected chi connectivity index (χ4v) is 3.15. The van der Waals surface area contributed by atoms with E-state index in [1.54, 1.807) is 0 Å². The Morgan fingerprint density at radius 3 is 2.81 bits per heavy atom. The first-order valence-electron chi connectivity index (χ1n) is 5.91. The second-order valence-corrected chi connectivity index (χ2v) is 6.89. The van der Waals surface area contributed by atoms with Crippen molar-refractivity contribution in [1.29, 1.82) is 0 Å². The third-order valence-electron chi connectivity index (χ3n) is 2.19. The van der Waals surface area contributed by atoms with Crippen LogP contribution < -0.4 is 5.32 Å². The van der Waals surface area contributed by atoms with E-state index in [-0.39, 0.29) is 0 Å². The summed E-state index contributed by atoms with van der Waals surface area (Å²) in [7, 11) is 0. The maximum atomic E-state index is 4.62. The average molecular weight is 258 g/mol. The van der Waals surface area contributed by atoms with E-state index in [0.717, 1.165) is 18.8 Å². The van der Waals surface area contributed by atoms with Gasteiger partial charge in [-0.2, -0.15) is 11.8 Å². The van der Waals surface area contributed by atoms with E-state index in [4.69, 9.17) is 0 Å². The van der Waals surface area contributed by atoms with Gasteiger partial charge in [-0.25, -0.2) is 4.98 Å². The molecule has 1 N–H and O–H groups in total. The van der Waals surface area contributed by atoms with Crippen molar-refractivity contribution in [3.05, 3.63) is 15.6 Å². The SMILES string of the molecule is CCCNCc1sc(CSC(C)C)nc1C. The molecule has 0 saturated heterocycles. The van der Waals surface area contributed by atoms with Gasteiger partial charge in [-0.15, -0.1) is 11.3 Å². The van der Waals surface area contributed by atoms with Gasteiger partial charge >= 0.3 is 0 Å². The second-order valence-electron chi connectivity index (χ2n) is 4.15. The highest BCUT2D eigenvalue weighted by atomic mass is 32.2. The minimum atomic E-state index is 0.686. The summed E-state index contributed by atoms with van der Waals surface area (Å²) in [6.45, 7) is 10.8. The van der Waals surface area contributed by atoms with Crippen LogP contribution in [-0.4, -0.2) is 16.8 Å². The maximum Gasteiger partial charge on any atom is 0.103 e. The van der Waals surface area contributed by atoms with Gasteiger partial charge in [0.1, 0.15) is 5.01 Å². The van der Waals surface area contributed by atoms with Gasteiger partial charge in [-0.1, -0.05) is 20.8 Å². The van der Waals surface area contributed by atoms with Gasteiger partial charge in [0.15, 0.2) is 0 Å². The van der Waals surface area contributed by atoms with Crippen molar-refractivity contribution < 1.29 is 0 Å². The van der Waals surface area contributed by atoms with Crippen LogP contribution in [0.4, 0.5) is 0 Å². The van der Waals surface area contributed by atoms with Crippen molar-refractivity contribution in [2.24, 2.45) is 0 Å². The van der Waals surface area contributed by atoms with E-state index in [1.165, 1.54) is 22.0 Å². The van der Waals surface area contributed by atoms with Crippen LogP contribution in [0.3, 0.4) is 0 Å². The summed E-state index contributed by atoms with van der Waals surface area (Å²) in [5.74, 6) is 1.05. The van der Waals surface area contributed by atoms with Gasteiger partial charge in [0.2, 0.25) is 0 Å². The van der Waals surface area contributed by atoms with Crippen LogP contribution in [0.15, 0.2) is 0 Å². The number of hydrogen-bond acceptors (Lipinski definition) is 4. The van der Waals surface area contributed by atoms with E-state index in [9.17, 15) is 0 Å². The Labute approximate surface area is 107 Å². The molecule has 4 heteroatoms. The Kier molecular flexibility index (Phi) is 6.39. The van der Waals surface area contributed by atoms with Crippen LogP contribution in [0.1, 0.15) is 42.8 Å². The van der Waals surface area contributed by atoms with E-state index < -0.39 is 0 Å². The Hall–Kier alpha value is -0.0600. The number of rotatable bonds is 7. The van der Waals surface area contributed by atoms with Gasteiger partial charge in [0.05, 0.1) is 5.69 Å². The quantitative estimate of drug-likeness (QED) is 0.757. The molecule has 0 aliphatic heterocycles. The number of hydrogen-bond donors (Lipinski definition) is 1. The van der Waals surface area contributed by atoms with Crippen LogP contribution in [0.2, 0.25) is 0 Å². The first-order valence-corrected chi connectivity index (χ1v) is 7.77. The molecule has 0 fully saturated rings. The smallest absolute Gasteiger partial charge is 0.103 e. The number of thioether (sulfide) groups is 1. The molecule has 92 valence electrons. The molecular formula is C12H22N2S2. The van der Waals surface area contributed by atoms with Crippen molar-refractivity contribution in [2.45, 2.75) is 51.7 Å². The third-order valence-corrected chi connectivity index (χ3v) is 4.64. The molecule has 1 aromatic rings. The summed E-state index contributed by atoms with van der Waals surface area (Å²) < 4.78 is 0. The number of aromatic nitrogens is 1. The highest BCUT2D eigenvalue weighted by Crippen LogP contribution is 2.24. The largest absolute Gasteiger partial charge is 0.312 e. The molecule has 0 spiro atoms. The molecule has 1 heterocycles. The predicted octanol–water partition coefficient (Wildman–Crippen LogP) is 3.59. The zero-order valence-corrected chi connectivity index (χ0v) is 12.3. The van der Waals surface area contributed by atoms with Gasteiger partial charge in [-0.05, 0) is 25.1 Å². The zero-order chi connectivity index (χ0) is 12.0. The van der Waals surface area contributed by atoms with E-state index in [0.29, 0.717) is 5.25 Å². The average Bonchev–Trinajstić information content (AvgIpc) is 2.57. The Balaban J connectivity index is 2.46. The van der Waals surface area contributed by atoms with E-state index in [2.05, 4.69) is 38.0 Å². The molecule has 0 aliphatic carbocycles. The molecule has 1 aromatic heterocycles. The predicted molar refractivity (Wildman–Crippen MR) is 75.3 cm³/mol. The molecular weight excluding hydrogens is 236 g/mol. The lowest BCUT2D eigenvalue weighted by Gasteiger charge is -2.01. The lowest BCUT2D eigenvalue weighted by Crippen LogP contribution is -2.13. The molecule has 2 nitrogen and oxygen atoms in total. The molecule has 16 heavy (non-hydrogen) atoms. The summed E-state index contributed by atoms with van der Waals surface area (Å²) in [5.41, 5.74) is 1.20. The first-order chi connectivity index (χ1) is 7.63. The summed E-state index contributed by atoms with van der Waals surface area (Å²) in [4.78, 5) is 6.02. The topological polar surface area (TPSA) is 24.9 Å². The molecule has 1 rings (SSSR count). The molecule has 0 atom stereocenters. The number of nitrogens with zero attached hydrogens (tertiary/aromatic N) is 1. The number of aryl methyl sites for hydroxylation is 1. The van der Waals surface area contributed by atoms with Crippen LogP contribution >= 0.6 is 23.1 Å². The number of nitrogens with one attached hydrogen (secondary N) is 1.